The van der Waals surface area contributed by atoms with Gasteiger partial charge in [-0.1, -0.05) is 23.7 Å². The smallest absolute Gasteiger partial charge is 0.253 e. The van der Waals surface area contributed by atoms with E-state index in [0.29, 0.717) is 16.3 Å². The molecule has 0 saturated carbocycles. The fourth-order valence-corrected chi connectivity index (χ4v) is 3.13. The van der Waals surface area contributed by atoms with Crippen molar-refractivity contribution in [1.82, 2.24) is 5.32 Å². The predicted molar refractivity (Wildman–Crippen MR) is 104 cm³/mol. The quantitative estimate of drug-likeness (QED) is 0.724. The van der Waals surface area contributed by atoms with Crippen molar-refractivity contribution in [3.05, 3.63) is 59.1 Å². The first-order chi connectivity index (χ1) is 11.9. The molecule has 0 radical (unpaired) electrons. The van der Waals surface area contributed by atoms with Crippen LogP contribution in [-0.2, 0) is 4.79 Å². The highest BCUT2D eigenvalue weighted by molar-refractivity contribution is 8.00. The minimum Gasteiger partial charge on any atom is -0.350 e. The van der Waals surface area contributed by atoms with Gasteiger partial charge in [0.05, 0.1) is 16.5 Å². The molecule has 2 rings (SSSR count). The van der Waals surface area contributed by atoms with Crippen molar-refractivity contribution in [1.29, 1.82) is 0 Å². The number of carbonyl (C=O) groups excluding carboxylic acids is 2. The third kappa shape index (κ3) is 5.80. The molecule has 2 amide bonds. The third-order valence-corrected chi connectivity index (χ3v) is 4.71. The monoisotopic (exact) mass is 376 g/mol. The van der Waals surface area contributed by atoms with Crippen LogP contribution in [0.5, 0.6) is 0 Å². The van der Waals surface area contributed by atoms with Gasteiger partial charge in [-0.25, -0.2) is 0 Å². The molecule has 1 atom stereocenters. The lowest BCUT2D eigenvalue weighted by Crippen LogP contribution is -2.31. The average Bonchev–Trinajstić information content (AvgIpc) is 2.56. The van der Waals surface area contributed by atoms with Crippen molar-refractivity contribution in [2.45, 2.75) is 37.0 Å². The minimum atomic E-state index is -0.317. The van der Waals surface area contributed by atoms with Gasteiger partial charge in [0, 0.05) is 16.0 Å². The lowest BCUT2D eigenvalue weighted by atomic mass is 10.1. The van der Waals surface area contributed by atoms with Gasteiger partial charge >= 0.3 is 0 Å². The van der Waals surface area contributed by atoms with Crippen molar-refractivity contribution in [2.24, 2.45) is 0 Å². The number of benzene rings is 2. The molecule has 25 heavy (non-hydrogen) atoms. The SMILES string of the molecule is CC(C)NC(=O)c1ccccc1NC(=O)[C@@H](C)Sc1ccc(Cl)cc1. The fraction of sp³-hybridized carbons (Fsp3) is 0.263. The highest BCUT2D eigenvalue weighted by atomic mass is 35.5. The van der Waals surface area contributed by atoms with E-state index >= 15 is 0 Å². The Morgan fingerprint density at radius 1 is 1.00 bits per heavy atom. The molecule has 0 fully saturated rings. The van der Waals surface area contributed by atoms with Gasteiger partial charge < -0.3 is 10.6 Å². The topological polar surface area (TPSA) is 58.2 Å². The number of para-hydroxylation sites is 1. The molecular formula is C19H21ClN2O2S. The van der Waals surface area contributed by atoms with E-state index in [0.717, 1.165) is 4.90 Å². The maximum absolute atomic E-state index is 12.5. The minimum absolute atomic E-state index is 0.0237. The normalized spacial score (nSPS) is 11.9. The van der Waals surface area contributed by atoms with Crippen molar-refractivity contribution in [3.63, 3.8) is 0 Å². The molecule has 132 valence electrons. The number of amides is 2. The van der Waals surface area contributed by atoms with Crippen LogP contribution < -0.4 is 10.6 Å². The maximum atomic E-state index is 12.5. The molecule has 2 N–H and O–H groups in total. The number of carbonyl (C=O) groups is 2. The first-order valence-corrected chi connectivity index (χ1v) is 9.25. The van der Waals surface area contributed by atoms with E-state index in [1.54, 1.807) is 36.4 Å². The molecule has 0 aliphatic rings. The van der Waals surface area contributed by atoms with Gasteiger partial charge in [-0.05, 0) is 57.2 Å². The van der Waals surface area contributed by atoms with Crippen LogP contribution in [-0.4, -0.2) is 23.1 Å². The summed E-state index contributed by atoms with van der Waals surface area (Å²) in [6, 6.07) is 14.4. The summed E-state index contributed by atoms with van der Waals surface area (Å²) in [4.78, 5) is 25.7. The first kappa shape index (κ1) is 19.3. The second kappa shape index (κ2) is 8.92. The highest BCUT2D eigenvalue weighted by Crippen LogP contribution is 2.26. The molecule has 0 aliphatic carbocycles. The standard InChI is InChI=1S/C19H21ClN2O2S/c1-12(2)21-19(24)16-6-4-5-7-17(16)22-18(23)13(3)25-15-10-8-14(20)9-11-15/h4-13H,1-3H3,(H,21,24)(H,22,23)/t13-/m1/s1. The van der Waals surface area contributed by atoms with E-state index in [1.807, 2.05) is 32.9 Å². The van der Waals surface area contributed by atoms with Crippen LogP contribution >= 0.6 is 23.4 Å². The molecule has 0 aliphatic heterocycles. The lowest BCUT2D eigenvalue weighted by molar-refractivity contribution is -0.115. The fourth-order valence-electron chi connectivity index (χ4n) is 2.14. The zero-order valence-electron chi connectivity index (χ0n) is 14.4. The van der Waals surface area contributed by atoms with Gasteiger partial charge in [-0.2, -0.15) is 0 Å². The number of nitrogens with one attached hydrogen (secondary N) is 2. The van der Waals surface area contributed by atoms with E-state index in [2.05, 4.69) is 10.6 Å². The lowest BCUT2D eigenvalue weighted by Gasteiger charge is -2.15. The molecule has 0 unspecified atom stereocenters. The summed E-state index contributed by atoms with van der Waals surface area (Å²) in [6.07, 6.45) is 0. The second-order valence-corrected chi connectivity index (χ2v) is 7.73. The third-order valence-electron chi connectivity index (χ3n) is 3.35. The number of rotatable bonds is 6. The predicted octanol–water partition coefficient (Wildman–Crippen LogP) is 4.60. The van der Waals surface area contributed by atoms with Gasteiger partial charge in [-0.15, -0.1) is 11.8 Å². The molecule has 6 heteroatoms. The number of anilines is 1. The molecule has 0 bridgehead atoms. The van der Waals surface area contributed by atoms with E-state index in [1.165, 1.54) is 11.8 Å². The van der Waals surface area contributed by atoms with Crippen molar-refractivity contribution in [3.8, 4) is 0 Å². The molecule has 4 nitrogen and oxygen atoms in total. The van der Waals surface area contributed by atoms with Crippen LogP contribution in [0.4, 0.5) is 5.69 Å². The summed E-state index contributed by atoms with van der Waals surface area (Å²) in [5, 5.41) is 6.03. The molecule has 2 aromatic carbocycles. The molecule has 0 saturated heterocycles. The average molecular weight is 377 g/mol. The summed E-state index contributed by atoms with van der Waals surface area (Å²) in [5.41, 5.74) is 0.961. The number of hydrogen-bond donors (Lipinski definition) is 2. The van der Waals surface area contributed by atoms with Crippen molar-refractivity contribution < 1.29 is 9.59 Å². The van der Waals surface area contributed by atoms with Crippen LogP contribution in [0.25, 0.3) is 0 Å². The van der Waals surface area contributed by atoms with Crippen molar-refractivity contribution >= 4 is 40.9 Å². The van der Waals surface area contributed by atoms with Crippen LogP contribution in [0.3, 0.4) is 0 Å². The van der Waals surface area contributed by atoms with Crippen LogP contribution in [0.2, 0.25) is 5.02 Å². The van der Waals surface area contributed by atoms with Gasteiger partial charge in [0.15, 0.2) is 0 Å². The van der Waals surface area contributed by atoms with Gasteiger partial charge in [0.25, 0.3) is 5.91 Å². The highest BCUT2D eigenvalue weighted by Gasteiger charge is 2.18. The Kier molecular flexibility index (Phi) is 6.91. The van der Waals surface area contributed by atoms with Crippen molar-refractivity contribution in [2.75, 3.05) is 5.32 Å². The largest absolute Gasteiger partial charge is 0.350 e. The molecular weight excluding hydrogens is 356 g/mol. The Hall–Kier alpha value is -1.98. The molecule has 2 aromatic rings. The second-order valence-electron chi connectivity index (χ2n) is 5.88. The van der Waals surface area contributed by atoms with Crippen LogP contribution in [0.15, 0.2) is 53.4 Å². The van der Waals surface area contributed by atoms with Crippen LogP contribution in [0.1, 0.15) is 31.1 Å². The van der Waals surface area contributed by atoms with E-state index < -0.39 is 0 Å². The molecule has 0 spiro atoms. The first-order valence-electron chi connectivity index (χ1n) is 8.00. The maximum Gasteiger partial charge on any atom is 0.253 e. The number of halogens is 1. The van der Waals surface area contributed by atoms with Gasteiger partial charge in [-0.3, -0.25) is 9.59 Å². The summed E-state index contributed by atoms with van der Waals surface area (Å²) < 4.78 is 0. The summed E-state index contributed by atoms with van der Waals surface area (Å²) in [6.45, 7) is 5.61. The summed E-state index contributed by atoms with van der Waals surface area (Å²) in [5.74, 6) is -0.367. The van der Waals surface area contributed by atoms with Crippen LogP contribution in [0, 0.1) is 0 Å². The van der Waals surface area contributed by atoms with E-state index in [4.69, 9.17) is 11.6 Å². The number of hydrogen-bond acceptors (Lipinski definition) is 3. The number of thioether (sulfide) groups is 1. The Bertz CT molecular complexity index is 747. The van der Waals surface area contributed by atoms with Gasteiger partial charge in [0.2, 0.25) is 5.91 Å². The Labute approximate surface area is 157 Å². The van der Waals surface area contributed by atoms with E-state index in [-0.39, 0.29) is 23.1 Å². The Morgan fingerprint density at radius 2 is 1.64 bits per heavy atom. The summed E-state index contributed by atoms with van der Waals surface area (Å²) >= 11 is 7.31. The zero-order chi connectivity index (χ0) is 18.4. The van der Waals surface area contributed by atoms with E-state index in [9.17, 15) is 9.59 Å². The summed E-state index contributed by atoms with van der Waals surface area (Å²) in [7, 11) is 0. The van der Waals surface area contributed by atoms with Gasteiger partial charge in [0.1, 0.15) is 0 Å². The zero-order valence-corrected chi connectivity index (χ0v) is 15.9. The molecule has 0 heterocycles. The Balaban J connectivity index is 2.07. The molecule has 0 aromatic heterocycles. The Morgan fingerprint density at radius 3 is 2.28 bits per heavy atom.